The second kappa shape index (κ2) is 8.53. The normalized spacial score (nSPS) is 14.9. The van der Waals surface area contributed by atoms with Crippen molar-refractivity contribution < 1.29 is 9.18 Å². The van der Waals surface area contributed by atoms with Crippen molar-refractivity contribution in [1.29, 1.82) is 0 Å². The summed E-state index contributed by atoms with van der Waals surface area (Å²) in [6.45, 7) is 3.52. The molecule has 29 heavy (non-hydrogen) atoms. The number of amides is 1. The summed E-state index contributed by atoms with van der Waals surface area (Å²) >= 11 is 12.0. The first-order valence-corrected chi connectivity index (χ1v) is 10.0. The molecule has 0 spiro atoms. The third-order valence-corrected chi connectivity index (χ3v) is 5.74. The molecule has 0 bridgehead atoms. The lowest BCUT2D eigenvalue weighted by atomic mass is 10.1. The van der Waals surface area contributed by atoms with Gasteiger partial charge >= 0.3 is 0 Å². The van der Waals surface area contributed by atoms with E-state index in [1.807, 2.05) is 11.0 Å². The quantitative estimate of drug-likeness (QED) is 0.660. The fourth-order valence-electron chi connectivity index (χ4n) is 3.36. The molecule has 150 valence electrons. The van der Waals surface area contributed by atoms with Crippen LogP contribution in [0.25, 0.3) is 11.3 Å². The molecule has 0 atom stereocenters. The number of carbonyl (C=O) groups excluding carboxylic acids is 1. The van der Waals surface area contributed by atoms with E-state index in [9.17, 15) is 9.18 Å². The molecule has 1 saturated heterocycles. The molecule has 0 unspecified atom stereocenters. The number of hydrogen-bond donors (Lipinski definition) is 1. The predicted octanol–water partition coefficient (Wildman–Crippen LogP) is 4.48. The maximum Gasteiger partial charge on any atom is 0.271 e. The van der Waals surface area contributed by atoms with E-state index in [1.54, 1.807) is 30.3 Å². The van der Waals surface area contributed by atoms with Crippen LogP contribution in [-0.4, -0.2) is 52.1 Å². The molecule has 1 N–H and O–H groups in total. The Balaban J connectivity index is 1.36. The molecular formula is C21H19Cl2FN4O. The van der Waals surface area contributed by atoms with E-state index < -0.39 is 0 Å². The highest BCUT2D eigenvalue weighted by atomic mass is 35.5. The summed E-state index contributed by atoms with van der Waals surface area (Å²) < 4.78 is 13.0. The summed E-state index contributed by atoms with van der Waals surface area (Å²) in [4.78, 5) is 16.9. The summed E-state index contributed by atoms with van der Waals surface area (Å²) in [5, 5.41) is 7.98. The van der Waals surface area contributed by atoms with Crippen LogP contribution in [0.1, 0.15) is 16.1 Å². The zero-order chi connectivity index (χ0) is 20.4. The van der Waals surface area contributed by atoms with Gasteiger partial charge in [0.25, 0.3) is 5.91 Å². The van der Waals surface area contributed by atoms with Crippen LogP contribution in [0, 0.1) is 5.82 Å². The van der Waals surface area contributed by atoms with Crippen molar-refractivity contribution >= 4 is 29.1 Å². The van der Waals surface area contributed by atoms with Crippen molar-refractivity contribution in [2.45, 2.75) is 6.54 Å². The fourth-order valence-corrected chi connectivity index (χ4v) is 3.66. The lowest BCUT2D eigenvalue weighted by Gasteiger charge is -2.34. The maximum absolute atomic E-state index is 13.0. The number of halogens is 3. The van der Waals surface area contributed by atoms with E-state index in [0.717, 1.165) is 30.8 Å². The van der Waals surface area contributed by atoms with Crippen LogP contribution in [0.2, 0.25) is 10.0 Å². The minimum Gasteiger partial charge on any atom is -0.335 e. The van der Waals surface area contributed by atoms with Gasteiger partial charge in [-0.1, -0.05) is 41.4 Å². The van der Waals surface area contributed by atoms with Gasteiger partial charge in [0.1, 0.15) is 11.5 Å². The van der Waals surface area contributed by atoms with Gasteiger partial charge < -0.3 is 4.90 Å². The Morgan fingerprint density at radius 1 is 1.00 bits per heavy atom. The number of hydrogen-bond acceptors (Lipinski definition) is 3. The lowest BCUT2D eigenvalue weighted by molar-refractivity contribution is 0.0622. The van der Waals surface area contributed by atoms with Crippen LogP contribution in [0.15, 0.2) is 48.5 Å². The Hall–Kier alpha value is -2.41. The number of benzene rings is 2. The van der Waals surface area contributed by atoms with Crippen molar-refractivity contribution in [2.24, 2.45) is 0 Å². The van der Waals surface area contributed by atoms with E-state index in [4.69, 9.17) is 23.2 Å². The molecule has 0 aliphatic carbocycles. The van der Waals surface area contributed by atoms with E-state index in [0.29, 0.717) is 34.5 Å². The van der Waals surface area contributed by atoms with Gasteiger partial charge in [-0.2, -0.15) is 5.10 Å². The average Bonchev–Trinajstić information content (AvgIpc) is 3.22. The number of nitrogens with zero attached hydrogens (tertiary/aromatic N) is 3. The van der Waals surface area contributed by atoms with Crippen molar-refractivity contribution in [2.75, 3.05) is 26.2 Å². The number of piperazine rings is 1. The molecule has 5 nitrogen and oxygen atoms in total. The van der Waals surface area contributed by atoms with Gasteiger partial charge in [0.15, 0.2) is 0 Å². The molecule has 1 amide bonds. The molecule has 2 aromatic carbocycles. The largest absolute Gasteiger partial charge is 0.335 e. The first-order chi connectivity index (χ1) is 14.0. The average molecular weight is 433 g/mol. The summed E-state index contributed by atoms with van der Waals surface area (Å²) in [7, 11) is 0. The third kappa shape index (κ3) is 4.61. The zero-order valence-corrected chi connectivity index (χ0v) is 17.0. The van der Waals surface area contributed by atoms with Gasteiger partial charge in [-0.15, -0.1) is 0 Å². The second-order valence-corrected chi connectivity index (χ2v) is 7.80. The van der Waals surface area contributed by atoms with Crippen LogP contribution < -0.4 is 0 Å². The Morgan fingerprint density at radius 2 is 1.72 bits per heavy atom. The molecule has 0 saturated carbocycles. The standard InChI is InChI=1S/C21H19Cl2FN4O/c22-17-6-3-15(11-18(17)23)19-12-20(26-25-19)21(29)28-9-7-27(8-10-28)13-14-1-4-16(24)5-2-14/h1-6,11-12H,7-10,13H2,(H,25,26). The molecule has 2 heterocycles. The van der Waals surface area contributed by atoms with Gasteiger partial charge in [0.2, 0.25) is 0 Å². The summed E-state index contributed by atoms with van der Waals surface area (Å²) in [6.07, 6.45) is 0. The van der Waals surface area contributed by atoms with Crippen LogP contribution in [-0.2, 0) is 6.54 Å². The predicted molar refractivity (Wildman–Crippen MR) is 112 cm³/mol. The minimum absolute atomic E-state index is 0.0785. The fraction of sp³-hybridized carbons (Fsp3) is 0.238. The van der Waals surface area contributed by atoms with Crippen molar-refractivity contribution in [1.82, 2.24) is 20.0 Å². The number of nitrogens with one attached hydrogen (secondary N) is 1. The number of H-pyrrole nitrogens is 1. The van der Waals surface area contributed by atoms with Gasteiger partial charge in [-0.05, 0) is 35.9 Å². The Kier molecular flexibility index (Phi) is 5.85. The number of aromatic nitrogens is 2. The third-order valence-electron chi connectivity index (χ3n) is 5.00. The monoisotopic (exact) mass is 432 g/mol. The highest BCUT2D eigenvalue weighted by molar-refractivity contribution is 6.42. The number of rotatable bonds is 4. The lowest BCUT2D eigenvalue weighted by Crippen LogP contribution is -2.48. The van der Waals surface area contributed by atoms with Crippen molar-refractivity contribution in [3.05, 3.63) is 75.7 Å². The van der Waals surface area contributed by atoms with Gasteiger partial charge in [-0.3, -0.25) is 14.8 Å². The van der Waals surface area contributed by atoms with E-state index >= 15 is 0 Å². The SMILES string of the molecule is O=C(c1cc(-c2ccc(Cl)c(Cl)c2)n[nH]1)N1CCN(Cc2ccc(F)cc2)CC1. The van der Waals surface area contributed by atoms with E-state index in [-0.39, 0.29) is 11.7 Å². The van der Waals surface area contributed by atoms with Crippen LogP contribution in [0.4, 0.5) is 4.39 Å². The van der Waals surface area contributed by atoms with Crippen LogP contribution in [0.3, 0.4) is 0 Å². The minimum atomic E-state index is -0.232. The van der Waals surface area contributed by atoms with E-state index in [1.165, 1.54) is 12.1 Å². The number of carbonyl (C=O) groups is 1. The molecular weight excluding hydrogens is 414 g/mol. The molecule has 0 radical (unpaired) electrons. The molecule has 3 aromatic rings. The summed E-state index contributed by atoms with van der Waals surface area (Å²) in [6, 6.07) is 13.5. The highest BCUT2D eigenvalue weighted by Gasteiger charge is 2.23. The van der Waals surface area contributed by atoms with Gasteiger partial charge in [0, 0.05) is 38.3 Å². The smallest absolute Gasteiger partial charge is 0.271 e. The van der Waals surface area contributed by atoms with Crippen LogP contribution in [0.5, 0.6) is 0 Å². The van der Waals surface area contributed by atoms with Gasteiger partial charge in [-0.25, -0.2) is 4.39 Å². The zero-order valence-electron chi connectivity index (χ0n) is 15.5. The molecule has 1 aliphatic heterocycles. The van der Waals surface area contributed by atoms with Crippen LogP contribution >= 0.6 is 23.2 Å². The molecule has 1 aliphatic rings. The molecule has 4 rings (SSSR count). The molecule has 1 aromatic heterocycles. The second-order valence-electron chi connectivity index (χ2n) is 6.99. The highest BCUT2D eigenvalue weighted by Crippen LogP contribution is 2.28. The first-order valence-electron chi connectivity index (χ1n) is 9.26. The topological polar surface area (TPSA) is 52.2 Å². The van der Waals surface area contributed by atoms with E-state index in [2.05, 4.69) is 15.1 Å². The first kappa shape index (κ1) is 19.9. The Labute approximate surface area is 178 Å². The number of aromatic amines is 1. The van der Waals surface area contributed by atoms with Crippen molar-refractivity contribution in [3.63, 3.8) is 0 Å². The van der Waals surface area contributed by atoms with Crippen molar-refractivity contribution in [3.8, 4) is 11.3 Å². The maximum atomic E-state index is 13.0. The Morgan fingerprint density at radius 3 is 2.41 bits per heavy atom. The summed E-state index contributed by atoms with van der Waals surface area (Å²) in [5.74, 6) is -0.311. The summed E-state index contributed by atoms with van der Waals surface area (Å²) in [5.41, 5.74) is 2.93. The molecule has 8 heteroatoms. The molecule has 1 fully saturated rings. The Bertz CT molecular complexity index is 1010. The van der Waals surface area contributed by atoms with Gasteiger partial charge in [0.05, 0.1) is 15.7 Å².